The van der Waals surface area contributed by atoms with Crippen LogP contribution in [-0.4, -0.2) is 23.4 Å². The number of halogens is 1. The van der Waals surface area contributed by atoms with Crippen molar-refractivity contribution in [2.24, 2.45) is 5.92 Å². The zero-order valence-corrected chi connectivity index (χ0v) is 12.2. The van der Waals surface area contributed by atoms with Crippen LogP contribution >= 0.6 is 0 Å². The standard InChI is InChI=1S/C16H19FN2O2/c1-11(2)4-3-9-19-15(20)14(18-16(19)21)10-12-5-7-13(17)8-6-12/h5-8,10-11H,3-4,9H2,1-2H3,(H,18,21)/b14-10-. The van der Waals surface area contributed by atoms with Crippen LogP contribution in [0.25, 0.3) is 6.08 Å². The van der Waals surface area contributed by atoms with E-state index < -0.39 is 6.03 Å². The normalized spacial score (nSPS) is 17.0. The molecule has 21 heavy (non-hydrogen) atoms. The molecule has 0 saturated carbocycles. The van der Waals surface area contributed by atoms with Gasteiger partial charge in [-0.25, -0.2) is 9.18 Å². The number of carbonyl (C=O) groups is 2. The number of carbonyl (C=O) groups excluding carboxylic acids is 2. The average Bonchev–Trinajstić information content (AvgIpc) is 2.68. The highest BCUT2D eigenvalue weighted by atomic mass is 19.1. The summed E-state index contributed by atoms with van der Waals surface area (Å²) in [6.45, 7) is 4.63. The number of imide groups is 1. The number of urea groups is 1. The Kier molecular flexibility index (Phi) is 4.73. The van der Waals surface area contributed by atoms with Gasteiger partial charge in [0.1, 0.15) is 11.5 Å². The summed E-state index contributed by atoms with van der Waals surface area (Å²) in [4.78, 5) is 25.2. The lowest BCUT2D eigenvalue weighted by Crippen LogP contribution is -2.31. The van der Waals surface area contributed by atoms with Crippen molar-refractivity contribution in [1.29, 1.82) is 0 Å². The average molecular weight is 290 g/mol. The van der Waals surface area contributed by atoms with E-state index in [-0.39, 0.29) is 17.4 Å². The summed E-state index contributed by atoms with van der Waals surface area (Å²) in [5.41, 5.74) is 0.903. The van der Waals surface area contributed by atoms with E-state index in [0.717, 1.165) is 12.8 Å². The first-order chi connectivity index (χ1) is 9.97. The van der Waals surface area contributed by atoms with Crippen molar-refractivity contribution in [3.8, 4) is 0 Å². The molecule has 0 aromatic heterocycles. The van der Waals surface area contributed by atoms with E-state index in [2.05, 4.69) is 19.2 Å². The summed E-state index contributed by atoms with van der Waals surface area (Å²) >= 11 is 0. The fraction of sp³-hybridized carbons (Fsp3) is 0.375. The van der Waals surface area contributed by atoms with E-state index in [1.807, 2.05) is 0 Å². The summed E-state index contributed by atoms with van der Waals surface area (Å²) in [7, 11) is 0. The molecule has 3 amide bonds. The molecular weight excluding hydrogens is 271 g/mol. The van der Waals surface area contributed by atoms with Gasteiger partial charge in [0.15, 0.2) is 0 Å². The number of benzene rings is 1. The Hall–Kier alpha value is -2.17. The first-order valence-electron chi connectivity index (χ1n) is 7.07. The van der Waals surface area contributed by atoms with Crippen LogP contribution in [0, 0.1) is 11.7 Å². The lowest BCUT2D eigenvalue weighted by Gasteiger charge is -2.12. The van der Waals surface area contributed by atoms with Gasteiger partial charge in [0.25, 0.3) is 5.91 Å². The van der Waals surface area contributed by atoms with Gasteiger partial charge in [-0.3, -0.25) is 9.69 Å². The maximum Gasteiger partial charge on any atom is 0.329 e. The molecule has 0 unspecified atom stereocenters. The van der Waals surface area contributed by atoms with E-state index in [1.165, 1.54) is 17.0 Å². The Balaban J connectivity index is 2.05. The minimum atomic E-state index is -0.392. The number of hydrogen-bond donors (Lipinski definition) is 1. The molecule has 1 fully saturated rings. The Morgan fingerprint density at radius 3 is 2.52 bits per heavy atom. The van der Waals surface area contributed by atoms with Gasteiger partial charge >= 0.3 is 6.03 Å². The predicted octanol–water partition coefficient (Wildman–Crippen LogP) is 3.15. The van der Waals surface area contributed by atoms with Gasteiger partial charge in [-0.05, 0) is 42.5 Å². The quantitative estimate of drug-likeness (QED) is 0.669. The number of nitrogens with zero attached hydrogens (tertiary/aromatic N) is 1. The van der Waals surface area contributed by atoms with E-state index in [0.29, 0.717) is 18.0 Å². The van der Waals surface area contributed by atoms with Crippen molar-refractivity contribution in [2.45, 2.75) is 26.7 Å². The van der Waals surface area contributed by atoms with Crippen molar-refractivity contribution in [3.05, 3.63) is 41.3 Å². The fourth-order valence-corrected chi connectivity index (χ4v) is 2.16. The second-order valence-corrected chi connectivity index (χ2v) is 5.53. The van der Waals surface area contributed by atoms with Crippen molar-refractivity contribution < 1.29 is 14.0 Å². The third-order valence-corrected chi connectivity index (χ3v) is 3.31. The lowest BCUT2D eigenvalue weighted by molar-refractivity contribution is -0.122. The van der Waals surface area contributed by atoms with Crippen LogP contribution < -0.4 is 5.32 Å². The summed E-state index contributed by atoms with van der Waals surface area (Å²) in [5, 5.41) is 2.56. The smallest absolute Gasteiger partial charge is 0.303 e. The van der Waals surface area contributed by atoms with Crippen molar-refractivity contribution in [1.82, 2.24) is 10.2 Å². The van der Waals surface area contributed by atoms with Gasteiger partial charge in [-0.2, -0.15) is 0 Å². The van der Waals surface area contributed by atoms with Gasteiger partial charge in [0.05, 0.1) is 0 Å². The van der Waals surface area contributed by atoms with Crippen LogP contribution in [0.15, 0.2) is 30.0 Å². The molecule has 0 aliphatic carbocycles. The zero-order chi connectivity index (χ0) is 15.4. The summed E-state index contributed by atoms with van der Waals surface area (Å²) in [6.07, 6.45) is 3.32. The Bertz CT molecular complexity index is 564. The molecule has 0 radical (unpaired) electrons. The highest BCUT2D eigenvalue weighted by Gasteiger charge is 2.32. The number of amides is 3. The minimum Gasteiger partial charge on any atom is -0.303 e. The Morgan fingerprint density at radius 1 is 1.24 bits per heavy atom. The Morgan fingerprint density at radius 2 is 1.90 bits per heavy atom. The van der Waals surface area contributed by atoms with Crippen molar-refractivity contribution in [2.75, 3.05) is 6.54 Å². The molecule has 1 heterocycles. The largest absolute Gasteiger partial charge is 0.329 e. The molecule has 0 atom stereocenters. The van der Waals surface area contributed by atoms with E-state index >= 15 is 0 Å². The molecule has 4 nitrogen and oxygen atoms in total. The van der Waals surface area contributed by atoms with Crippen LogP contribution in [0.5, 0.6) is 0 Å². The molecule has 1 N–H and O–H groups in total. The van der Waals surface area contributed by atoms with Crippen LogP contribution in [0.2, 0.25) is 0 Å². The third-order valence-electron chi connectivity index (χ3n) is 3.31. The van der Waals surface area contributed by atoms with Gasteiger partial charge in [-0.1, -0.05) is 26.0 Å². The molecule has 0 bridgehead atoms. The molecule has 0 spiro atoms. The van der Waals surface area contributed by atoms with Crippen LogP contribution in [0.3, 0.4) is 0 Å². The molecule has 1 aromatic carbocycles. The maximum atomic E-state index is 12.8. The van der Waals surface area contributed by atoms with E-state index in [1.54, 1.807) is 18.2 Å². The van der Waals surface area contributed by atoms with E-state index in [4.69, 9.17) is 0 Å². The molecular formula is C16H19FN2O2. The minimum absolute atomic E-state index is 0.233. The summed E-state index contributed by atoms with van der Waals surface area (Å²) in [5.74, 6) is -0.123. The maximum absolute atomic E-state index is 12.8. The summed E-state index contributed by atoms with van der Waals surface area (Å²) in [6, 6.07) is 5.35. The summed E-state index contributed by atoms with van der Waals surface area (Å²) < 4.78 is 12.8. The second kappa shape index (κ2) is 6.52. The van der Waals surface area contributed by atoms with Gasteiger partial charge in [0.2, 0.25) is 0 Å². The Labute approximate surface area is 123 Å². The number of nitrogens with one attached hydrogen (secondary N) is 1. The second-order valence-electron chi connectivity index (χ2n) is 5.53. The lowest BCUT2D eigenvalue weighted by atomic mass is 10.1. The predicted molar refractivity (Wildman–Crippen MR) is 78.7 cm³/mol. The van der Waals surface area contributed by atoms with Gasteiger partial charge in [-0.15, -0.1) is 0 Å². The van der Waals surface area contributed by atoms with Crippen molar-refractivity contribution in [3.63, 3.8) is 0 Å². The highest BCUT2D eigenvalue weighted by molar-refractivity contribution is 6.13. The van der Waals surface area contributed by atoms with Crippen LogP contribution in [-0.2, 0) is 4.79 Å². The molecule has 2 rings (SSSR count). The first-order valence-corrected chi connectivity index (χ1v) is 7.07. The number of rotatable bonds is 5. The SMILES string of the molecule is CC(C)CCCN1C(=O)N/C(=C\c2ccc(F)cc2)C1=O. The van der Waals surface area contributed by atoms with Crippen LogP contribution in [0.4, 0.5) is 9.18 Å². The molecule has 1 aromatic rings. The third kappa shape index (κ3) is 3.90. The first kappa shape index (κ1) is 15.2. The molecule has 1 saturated heterocycles. The molecule has 1 aliphatic heterocycles. The molecule has 5 heteroatoms. The molecule has 112 valence electrons. The van der Waals surface area contributed by atoms with Gasteiger partial charge in [0, 0.05) is 6.54 Å². The topological polar surface area (TPSA) is 49.4 Å². The zero-order valence-electron chi connectivity index (χ0n) is 12.2. The van der Waals surface area contributed by atoms with E-state index in [9.17, 15) is 14.0 Å². The van der Waals surface area contributed by atoms with Crippen molar-refractivity contribution >= 4 is 18.0 Å². The highest BCUT2D eigenvalue weighted by Crippen LogP contribution is 2.16. The molecule has 1 aliphatic rings. The van der Waals surface area contributed by atoms with Gasteiger partial charge < -0.3 is 5.32 Å². The monoisotopic (exact) mass is 290 g/mol. The fourth-order valence-electron chi connectivity index (χ4n) is 2.16. The van der Waals surface area contributed by atoms with Crippen LogP contribution in [0.1, 0.15) is 32.3 Å². The number of hydrogen-bond acceptors (Lipinski definition) is 2.